The summed E-state index contributed by atoms with van der Waals surface area (Å²) in [5.74, 6) is 0. The molecule has 39 heavy (non-hydrogen) atoms. The van der Waals surface area contributed by atoms with E-state index in [1.807, 2.05) is 0 Å². The van der Waals surface area contributed by atoms with Crippen molar-refractivity contribution in [3.63, 3.8) is 0 Å². The van der Waals surface area contributed by atoms with Gasteiger partial charge in [-0.2, -0.15) is 10.2 Å². The molecule has 0 radical (unpaired) electrons. The molecule has 4 heterocycles. The van der Waals surface area contributed by atoms with Crippen molar-refractivity contribution in [1.82, 2.24) is 19.6 Å². The molecule has 0 aromatic carbocycles. The highest BCUT2D eigenvalue weighted by Gasteiger charge is 2.35. The largest absolute Gasteiger partial charge is 0.354 e. The van der Waals surface area contributed by atoms with Crippen molar-refractivity contribution >= 4 is 45.9 Å². The number of rotatable bonds is 8. The van der Waals surface area contributed by atoms with E-state index >= 15 is 0 Å². The van der Waals surface area contributed by atoms with Crippen LogP contribution in [0.4, 0.5) is 0 Å². The Labute approximate surface area is 249 Å². The Hall–Kier alpha value is -1.64. The van der Waals surface area contributed by atoms with E-state index in [0.29, 0.717) is 22.4 Å². The Morgan fingerprint density at radius 2 is 1.13 bits per heavy atom. The number of hydrogen-bond acceptors (Lipinski definition) is 5. The van der Waals surface area contributed by atoms with Crippen molar-refractivity contribution in [3.05, 3.63) is 77.6 Å². The number of hydrogen-bond donors (Lipinski definition) is 0. The van der Waals surface area contributed by atoms with Crippen LogP contribution in [0.1, 0.15) is 121 Å². The minimum absolute atomic E-state index is 0.348. The zero-order chi connectivity index (χ0) is 26.9. The first-order valence-electron chi connectivity index (χ1n) is 14.2. The van der Waals surface area contributed by atoms with Crippen molar-refractivity contribution in [2.75, 3.05) is 0 Å². The molecule has 2 fully saturated rings. The van der Waals surface area contributed by atoms with Crippen LogP contribution in [0, 0.1) is 13.8 Å². The second kappa shape index (κ2) is 12.1. The first kappa shape index (κ1) is 27.5. The lowest BCUT2D eigenvalue weighted by atomic mass is 9.95. The second-order valence-electron chi connectivity index (χ2n) is 11.0. The van der Waals surface area contributed by atoms with Gasteiger partial charge in [0.2, 0.25) is 0 Å². The van der Waals surface area contributed by atoms with Gasteiger partial charge < -0.3 is 4.74 Å². The molecule has 0 spiro atoms. The molecule has 4 aromatic rings. The minimum atomic E-state index is -0.365. The monoisotopic (exact) mass is 602 g/mol. The van der Waals surface area contributed by atoms with Gasteiger partial charge in [-0.15, -0.1) is 22.7 Å². The average Bonchev–Trinajstić information content (AvgIpc) is 3.77. The fourth-order valence-corrected chi connectivity index (χ4v) is 8.73. The number of halogens is 2. The highest BCUT2D eigenvalue weighted by molar-refractivity contribution is 7.10. The van der Waals surface area contributed by atoms with Crippen molar-refractivity contribution in [2.24, 2.45) is 0 Å². The lowest BCUT2D eigenvalue weighted by Gasteiger charge is -2.26. The van der Waals surface area contributed by atoms with Crippen molar-refractivity contribution in [1.29, 1.82) is 0 Å². The van der Waals surface area contributed by atoms with Gasteiger partial charge in [0, 0.05) is 20.9 Å². The van der Waals surface area contributed by atoms with E-state index < -0.39 is 0 Å². The molecule has 0 N–H and O–H groups in total. The van der Waals surface area contributed by atoms with E-state index in [9.17, 15) is 0 Å². The van der Waals surface area contributed by atoms with Crippen molar-refractivity contribution < 1.29 is 4.74 Å². The predicted molar refractivity (Wildman–Crippen MR) is 162 cm³/mol. The average molecular weight is 604 g/mol. The molecule has 9 heteroatoms. The van der Waals surface area contributed by atoms with Gasteiger partial charge in [0.25, 0.3) is 0 Å². The van der Waals surface area contributed by atoms with Gasteiger partial charge in [0.05, 0.1) is 23.5 Å². The molecule has 4 aromatic heterocycles. The summed E-state index contributed by atoms with van der Waals surface area (Å²) < 4.78 is 11.3. The molecule has 2 atom stereocenters. The molecule has 0 amide bonds. The lowest BCUT2D eigenvalue weighted by Crippen LogP contribution is -2.16. The summed E-state index contributed by atoms with van der Waals surface area (Å²) in [6, 6.07) is 9.11. The number of ether oxygens (including phenoxy) is 1. The van der Waals surface area contributed by atoms with Gasteiger partial charge in [-0.25, -0.2) is 0 Å². The first-order valence-corrected chi connectivity index (χ1v) is 16.8. The maximum Gasteiger partial charge on any atom is 0.133 e. The maximum atomic E-state index is 7.18. The van der Waals surface area contributed by atoms with E-state index in [1.54, 1.807) is 22.7 Å². The first-order chi connectivity index (χ1) is 19.0. The van der Waals surface area contributed by atoms with Crippen molar-refractivity contribution in [2.45, 2.75) is 102 Å². The predicted octanol–water partition coefficient (Wildman–Crippen LogP) is 10.0. The molecule has 2 aliphatic carbocycles. The maximum absolute atomic E-state index is 7.18. The van der Waals surface area contributed by atoms with Gasteiger partial charge in [0.1, 0.15) is 22.5 Å². The van der Waals surface area contributed by atoms with Crippen molar-refractivity contribution in [3.8, 4) is 0 Å². The number of thiophene rings is 2. The molecule has 5 nitrogen and oxygen atoms in total. The molecular formula is C30H36Cl2N4OS2. The van der Waals surface area contributed by atoms with Crippen LogP contribution in [0.2, 0.25) is 10.3 Å². The molecule has 0 saturated heterocycles. The van der Waals surface area contributed by atoms with Crippen LogP contribution in [0.15, 0.2) is 35.0 Å². The summed E-state index contributed by atoms with van der Waals surface area (Å²) in [5.41, 5.74) is 3.77. The van der Waals surface area contributed by atoms with E-state index in [-0.39, 0.29) is 12.2 Å². The standard InChI is InChI=1S/C30H36Cl2N4OS2/c1-19-25(29(31)35(33-19)21-11-5-3-6-12-21)27(23-15-9-17-38-23)37-28(24-16-10-18-39-24)26-20(2)34-36(30(26)32)22-13-7-4-8-14-22/h9-10,15-18,21-22,27-28H,3-8,11-14H2,1-2H3/t27-,28-/m1/s1. The molecule has 0 bridgehead atoms. The molecule has 0 unspecified atom stereocenters. The Kier molecular flexibility index (Phi) is 8.52. The molecule has 2 aliphatic rings. The zero-order valence-corrected chi connectivity index (χ0v) is 25.8. The van der Waals surface area contributed by atoms with Gasteiger partial charge >= 0.3 is 0 Å². The number of nitrogens with zero attached hydrogens (tertiary/aromatic N) is 4. The van der Waals surface area contributed by atoms with Gasteiger partial charge in [-0.1, -0.05) is 73.9 Å². The smallest absolute Gasteiger partial charge is 0.133 e. The van der Waals surface area contributed by atoms with Crippen LogP contribution in [-0.4, -0.2) is 19.6 Å². The Bertz CT molecular complexity index is 1260. The van der Waals surface area contributed by atoms with E-state index in [1.165, 1.54) is 38.5 Å². The summed E-state index contributed by atoms with van der Waals surface area (Å²) in [6.07, 6.45) is 11.2. The summed E-state index contributed by atoms with van der Waals surface area (Å²) in [7, 11) is 0. The second-order valence-corrected chi connectivity index (χ2v) is 13.7. The zero-order valence-electron chi connectivity index (χ0n) is 22.6. The normalized spacial score (nSPS) is 19.0. The van der Waals surface area contributed by atoms with Crippen LogP contribution < -0.4 is 0 Å². The quantitative estimate of drug-likeness (QED) is 0.201. The summed E-state index contributed by atoms with van der Waals surface area (Å²) in [6.45, 7) is 4.12. The number of aryl methyl sites for hydroxylation is 2. The van der Waals surface area contributed by atoms with Crippen LogP contribution in [0.3, 0.4) is 0 Å². The summed E-state index contributed by atoms with van der Waals surface area (Å²) in [4.78, 5) is 2.22. The fraction of sp³-hybridized carbons (Fsp3) is 0.533. The Morgan fingerprint density at radius 1 is 0.718 bits per heavy atom. The van der Waals surface area contributed by atoms with Crippen LogP contribution in [-0.2, 0) is 4.74 Å². The highest BCUT2D eigenvalue weighted by atomic mass is 35.5. The highest BCUT2D eigenvalue weighted by Crippen LogP contribution is 2.46. The van der Waals surface area contributed by atoms with E-state index in [0.717, 1.165) is 58.0 Å². The molecular weight excluding hydrogens is 567 g/mol. The van der Waals surface area contributed by atoms with E-state index in [2.05, 4.69) is 58.2 Å². The van der Waals surface area contributed by atoms with Crippen LogP contribution in [0.25, 0.3) is 0 Å². The molecule has 0 aliphatic heterocycles. The Morgan fingerprint density at radius 3 is 1.49 bits per heavy atom. The fourth-order valence-electron chi connectivity index (χ4n) is 6.37. The third-order valence-electron chi connectivity index (χ3n) is 8.38. The summed E-state index contributed by atoms with van der Waals surface area (Å²) >= 11 is 17.7. The number of aromatic nitrogens is 4. The minimum Gasteiger partial charge on any atom is -0.354 e. The third-order valence-corrected chi connectivity index (χ3v) is 11.0. The topological polar surface area (TPSA) is 44.9 Å². The van der Waals surface area contributed by atoms with Gasteiger partial charge in [-0.05, 0) is 62.4 Å². The van der Waals surface area contributed by atoms with E-state index in [4.69, 9.17) is 38.1 Å². The van der Waals surface area contributed by atoms with Crippen LogP contribution in [0.5, 0.6) is 0 Å². The lowest BCUT2D eigenvalue weighted by molar-refractivity contribution is 0.0341. The molecule has 6 rings (SSSR count). The van der Waals surface area contributed by atoms with Gasteiger partial charge in [-0.3, -0.25) is 9.36 Å². The molecule has 208 valence electrons. The van der Waals surface area contributed by atoms with Crippen LogP contribution >= 0.6 is 45.9 Å². The van der Waals surface area contributed by atoms with Gasteiger partial charge in [0.15, 0.2) is 0 Å². The third kappa shape index (κ3) is 5.50. The Balaban J connectivity index is 1.42. The summed E-state index contributed by atoms with van der Waals surface area (Å²) in [5, 5.41) is 15.5. The SMILES string of the molecule is Cc1nn(C2CCCCC2)c(Cl)c1[C@H](O[C@H](c1cccs1)c1c(C)nn(C2CCCCC2)c1Cl)c1cccs1. The molecule has 2 saturated carbocycles.